The molecule has 1 rings (SSSR count). The quantitative estimate of drug-likeness (QED) is 0.256. The first-order chi connectivity index (χ1) is 14.6. The van der Waals surface area contributed by atoms with Gasteiger partial charge in [0.2, 0.25) is 5.91 Å². The number of carbonyl (C=O) groups is 2. The van der Waals surface area contributed by atoms with Crippen LogP contribution in [0.3, 0.4) is 0 Å². The van der Waals surface area contributed by atoms with Gasteiger partial charge in [-0.1, -0.05) is 6.92 Å². The van der Waals surface area contributed by atoms with Gasteiger partial charge in [0.25, 0.3) is 0 Å². The minimum Gasteiger partial charge on any atom is -0.447 e. The van der Waals surface area contributed by atoms with Crippen molar-refractivity contribution in [2.24, 2.45) is 0 Å². The number of amides is 2. The van der Waals surface area contributed by atoms with Crippen LogP contribution in [0.4, 0.5) is 4.79 Å². The molecule has 9 nitrogen and oxygen atoms in total. The fraction of sp³-hybridized carbons (Fsp3) is 0.900. The highest BCUT2D eigenvalue weighted by molar-refractivity contribution is 7.80. The maximum Gasteiger partial charge on any atom is 0.409 e. The minimum atomic E-state index is -0.280. The Morgan fingerprint density at radius 2 is 1.37 bits per heavy atom. The van der Waals surface area contributed by atoms with E-state index in [-0.39, 0.29) is 18.6 Å². The lowest BCUT2D eigenvalue weighted by Gasteiger charge is -2.28. The monoisotopic (exact) mass is 450 g/mol. The van der Waals surface area contributed by atoms with Crippen LogP contribution in [0.15, 0.2) is 0 Å². The molecule has 1 N–H and O–H groups in total. The number of likely N-dealkylation sites (tertiary alicyclic amines) is 1. The molecule has 1 aliphatic rings. The summed E-state index contributed by atoms with van der Waals surface area (Å²) in [5, 5.41) is 3.16. The predicted octanol–water partition coefficient (Wildman–Crippen LogP) is 1.50. The van der Waals surface area contributed by atoms with Gasteiger partial charge in [0.05, 0.1) is 52.9 Å². The molecule has 0 aromatic carbocycles. The fourth-order valence-electron chi connectivity index (χ4n) is 2.67. The van der Waals surface area contributed by atoms with E-state index in [1.165, 1.54) is 0 Å². The van der Waals surface area contributed by atoms with Crippen LogP contribution < -0.4 is 5.32 Å². The van der Waals surface area contributed by atoms with Crippen LogP contribution in [-0.4, -0.2) is 101 Å². The van der Waals surface area contributed by atoms with Gasteiger partial charge in [0.15, 0.2) is 0 Å². The van der Waals surface area contributed by atoms with Crippen LogP contribution in [0.5, 0.6) is 0 Å². The van der Waals surface area contributed by atoms with Crippen LogP contribution in [0.1, 0.15) is 32.6 Å². The number of nitrogens with zero attached hydrogens (tertiary/aromatic N) is 1. The summed E-state index contributed by atoms with van der Waals surface area (Å²) in [6.07, 6.45) is 2.93. The van der Waals surface area contributed by atoms with E-state index in [9.17, 15) is 9.59 Å². The molecule has 0 aliphatic carbocycles. The highest BCUT2D eigenvalue weighted by atomic mass is 32.1. The molecule has 2 amide bonds. The van der Waals surface area contributed by atoms with E-state index in [1.54, 1.807) is 4.90 Å². The first-order valence-corrected chi connectivity index (χ1v) is 11.3. The van der Waals surface area contributed by atoms with Crippen LogP contribution in [-0.2, 0) is 28.5 Å². The molecular weight excluding hydrogens is 412 g/mol. The van der Waals surface area contributed by atoms with E-state index in [0.29, 0.717) is 84.2 Å². The van der Waals surface area contributed by atoms with E-state index >= 15 is 0 Å². The maximum atomic E-state index is 11.8. The number of nitrogens with one attached hydrogen (secondary N) is 1. The normalized spacial score (nSPS) is 14.7. The van der Waals surface area contributed by atoms with Crippen molar-refractivity contribution < 1.29 is 33.3 Å². The Balaban J connectivity index is 1.74. The second-order valence-electron chi connectivity index (χ2n) is 6.88. The highest BCUT2D eigenvalue weighted by Gasteiger charge is 2.21. The fourth-order valence-corrected chi connectivity index (χ4v) is 2.90. The number of hydrogen-bond acceptors (Lipinski definition) is 8. The second-order valence-corrected chi connectivity index (χ2v) is 7.61. The molecule has 0 radical (unpaired) electrons. The Bertz CT molecular complexity index is 449. The molecule has 10 heteroatoms. The Morgan fingerprint density at radius 1 is 0.867 bits per heavy atom. The molecule has 0 bridgehead atoms. The first-order valence-electron chi connectivity index (χ1n) is 10.8. The summed E-state index contributed by atoms with van der Waals surface area (Å²) in [5.41, 5.74) is 0. The Kier molecular flexibility index (Phi) is 16.8. The molecule has 0 atom stereocenters. The third kappa shape index (κ3) is 14.8. The minimum absolute atomic E-state index is 0.0594. The highest BCUT2D eigenvalue weighted by Crippen LogP contribution is 2.15. The molecule has 0 aromatic rings. The van der Waals surface area contributed by atoms with Crippen molar-refractivity contribution in [1.82, 2.24) is 10.2 Å². The summed E-state index contributed by atoms with van der Waals surface area (Å²) < 4.78 is 26.7. The molecule has 1 heterocycles. The van der Waals surface area contributed by atoms with Gasteiger partial charge in [0, 0.05) is 31.3 Å². The van der Waals surface area contributed by atoms with Crippen molar-refractivity contribution in [2.75, 3.05) is 79.1 Å². The predicted molar refractivity (Wildman–Crippen MR) is 116 cm³/mol. The molecule has 1 fully saturated rings. The number of piperidine rings is 1. The summed E-state index contributed by atoms with van der Waals surface area (Å²) in [7, 11) is 0. The van der Waals surface area contributed by atoms with Crippen molar-refractivity contribution in [3.8, 4) is 0 Å². The lowest BCUT2D eigenvalue weighted by atomic mass is 10.1. The molecule has 1 aliphatic heterocycles. The van der Waals surface area contributed by atoms with Gasteiger partial charge < -0.3 is 33.9 Å². The molecule has 0 unspecified atom stereocenters. The van der Waals surface area contributed by atoms with Gasteiger partial charge in [-0.05, 0) is 19.3 Å². The van der Waals surface area contributed by atoms with Crippen molar-refractivity contribution in [1.29, 1.82) is 0 Å². The number of rotatable bonds is 17. The standard InChI is InChI=1S/C20H38N2O7S/c1-2-3-19(23)21-6-9-25-10-11-26-12-13-27-14-15-28-16-17-29-20(24)22-7-4-18(30)5-8-22/h18,30H,2-17H2,1H3,(H,21,23). The Hall–Kier alpha value is -1.07. The first kappa shape index (κ1) is 27.0. The van der Waals surface area contributed by atoms with E-state index in [4.69, 9.17) is 23.7 Å². The van der Waals surface area contributed by atoms with Crippen molar-refractivity contribution in [2.45, 2.75) is 37.9 Å². The summed E-state index contributed by atoms with van der Waals surface area (Å²) in [5.74, 6) is 0.0594. The molecule has 0 spiro atoms. The smallest absolute Gasteiger partial charge is 0.409 e. The summed E-state index contributed by atoms with van der Waals surface area (Å²) in [6, 6.07) is 0. The zero-order valence-corrected chi connectivity index (χ0v) is 19.0. The molecule has 30 heavy (non-hydrogen) atoms. The molecule has 1 saturated heterocycles. The van der Waals surface area contributed by atoms with Gasteiger partial charge in [0.1, 0.15) is 6.61 Å². The van der Waals surface area contributed by atoms with Gasteiger partial charge in [-0.15, -0.1) is 0 Å². The van der Waals surface area contributed by atoms with Crippen molar-refractivity contribution in [3.05, 3.63) is 0 Å². The number of carbonyl (C=O) groups excluding carboxylic acids is 2. The summed E-state index contributed by atoms with van der Waals surface area (Å²) >= 11 is 4.41. The molecular formula is C20H38N2O7S. The van der Waals surface area contributed by atoms with Crippen LogP contribution in [0.25, 0.3) is 0 Å². The van der Waals surface area contributed by atoms with Gasteiger partial charge in [-0.2, -0.15) is 12.6 Å². The summed E-state index contributed by atoms with van der Waals surface area (Å²) in [6.45, 7) is 7.80. The van der Waals surface area contributed by atoms with E-state index < -0.39 is 0 Å². The number of thiol groups is 1. The average molecular weight is 451 g/mol. The molecule has 0 saturated carbocycles. The van der Waals surface area contributed by atoms with Gasteiger partial charge >= 0.3 is 6.09 Å². The van der Waals surface area contributed by atoms with Crippen molar-refractivity contribution >= 4 is 24.6 Å². The largest absolute Gasteiger partial charge is 0.447 e. The third-order valence-electron chi connectivity index (χ3n) is 4.34. The topological polar surface area (TPSA) is 95.6 Å². The molecule has 0 aromatic heterocycles. The van der Waals surface area contributed by atoms with Crippen molar-refractivity contribution in [3.63, 3.8) is 0 Å². The Morgan fingerprint density at radius 3 is 1.90 bits per heavy atom. The zero-order valence-electron chi connectivity index (χ0n) is 18.1. The second kappa shape index (κ2) is 18.7. The van der Waals surface area contributed by atoms with Gasteiger partial charge in [-0.3, -0.25) is 4.79 Å². The Labute approximate surface area is 185 Å². The van der Waals surface area contributed by atoms with E-state index in [1.807, 2.05) is 6.92 Å². The number of hydrogen-bond donors (Lipinski definition) is 2. The van der Waals surface area contributed by atoms with E-state index in [2.05, 4.69) is 17.9 Å². The molecule has 176 valence electrons. The lowest BCUT2D eigenvalue weighted by Crippen LogP contribution is -2.39. The van der Waals surface area contributed by atoms with Crippen LogP contribution in [0.2, 0.25) is 0 Å². The summed E-state index contributed by atoms with van der Waals surface area (Å²) in [4.78, 5) is 24.8. The van der Waals surface area contributed by atoms with Crippen LogP contribution >= 0.6 is 12.6 Å². The lowest BCUT2D eigenvalue weighted by molar-refractivity contribution is -0.121. The number of ether oxygens (including phenoxy) is 5. The third-order valence-corrected chi connectivity index (χ3v) is 4.85. The maximum absolute atomic E-state index is 11.8. The van der Waals surface area contributed by atoms with Crippen LogP contribution in [0, 0.1) is 0 Å². The SMILES string of the molecule is CCCC(=O)NCCOCCOCCOCCOCCOC(=O)N1CCC(S)CC1. The zero-order chi connectivity index (χ0) is 21.9. The van der Waals surface area contributed by atoms with E-state index in [0.717, 1.165) is 19.3 Å². The average Bonchev–Trinajstić information content (AvgIpc) is 2.74. The van der Waals surface area contributed by atoms with Gasteiger partial charge in [-0.25, -0.2) is 4.79 Å².